The van der Waals surface area contributed by atoms with E-state index in [9.17, 15) is 0 Å². The minimum absolute atomic E-state index is 0.340. The minimum Gasteiger partial charge on any atom is -0.356 e. The smallest absolute Gasteiger partial charge is 0.168 e. The lowest BCUT2D eigenvalue weighted by atomic mass is 10.1. The van der Waals surface area contributed by atoms with Gasteiger partial charge in [0.25, 0.3) is 0 Å². The summed E-state index contributed by atoms with van der Waals surface area (Å²) in [6.07, 6.45) is 2.33. The Kier molecular flexibility index (Phi) is 2.15. The van der Waals surface area contributed by atoms with E-state index in [0.717, 1.165) is 29.6 Å². The molecule has 0 bridgehead atoms. The first kappa shape index (κ1) is 9.19. The highest BCUT2D eigenvalue weighted by molar-refractivity contribution is 6.31. The second-order valence-corrected chi connectivity index (χ2v) is 4.29. The van der Waals surface area contributed by atoms with Crippen LogP contribution >= 0.6 is 11.6 Å². The summed E-state index contributed by atoms with van der Waals surface area (Å²) in [5.41, 5.74) is 1.78. The molecule has 1 fully saturated rings. The van der Waals surface area contributed by atoms with Crippen LogP contribution in [0.15, 0.2) is 22.7 Å². The molecule has 1 aromatic carbocycles. The zero-order valence-electron chi connectivity index (χ0n) is 8.16. The maximum absolute atomic E-state index is 5.88. The fourth-order valence-electron chi connectivity index (χ4n) is 2.10. The molecule has 1 atom stereocenters. The van der Waals surface area contributed by atoms with Crippen molar-refractivity contribution in [3.8, 4) is 0 Å². The van der Waals surface area contributed by atoms with Crippen molar-refractivity contribution < 1.29 is 4.52 Å². The third kappa shape index (κ3) is 1.52. The van der Waals surface area contributed by atoms with Crippen LogP contribution in [0.1, 0.15) is 24.6 Å². The lowest BCUT2D eigenvalue weighted by Crippen LogP contribution is -2.13. The van der Waals surface area contributed by atoms with Gasteiger partial charge in [-0.1, -0.05) is 16.8 Å². The van der Waals surface area contributed by atoms with Gasteiger partial charge >= 0.3 is 0 Å². The Morgan fingerprint density at radius 3 is 3.20 bits per heavy atom. The summed E-state index contributed by atoms with van der Waals surface area (Å²) in [5, 5.41) is 9.29. The number of rotatable bonds is 1. The molecule has 78 valence electrons. The molecule has 1 N–H and O–H groups in total. The maximum atomic E-state index is 5.88. The van der Waals surface area contributed by atoms with Gasteiger partial charge in [0.15, 0.2) is 5.58 Å². The highest BCUT2D eigenvalue weighted by atomic mass is 35.5. The lowest BCUT2D eigenvalue weighted by molar-refractivity contribution is 0.432. The second-order valence-electron chi connectivity index (χ2n) is 3.86. The lowest BCUT2D eigenvalue weighted by Gasteiger charge is -2.05. The van der Waals surface area contributed by atoms with E-state index in [1.165, 1.54) is 6.42 Å². The Morgan fingerprint density at radius 1 is 1.47 bits per heavy atom. The Labute approximate surface area is 92.4 Å². The molecule has 3 nitrogen and oxygen atoms in total. The number of halogens is 1. The van der Waals surface area contributed by atoms with E-state index < -0.39 is 0 Å². The van der Waals surface area contributed by atoms with Gasteiger partial charge in [-0.25, -0.2) is 0 Å². The van der Waals surface area contributed by atoms with Crippen molar-refractivity contribution in [2.75, 3.05) is 6.54 Å². The molecular weight excluding hydrogens is 212 g/mol. The molecule has 0 saturated carbocycles. The van der Waals surface area contributed by atoms with Crippen LogP contribution in [-0.4, -0.2) is 11.7 Å². The normalized spacial score (nSPS) is 21.3. The quantitative estimate of drug-likeness (QED) is 0.806. The first-order valence-electron chi connectivity index (χ1n) is 5.13. The van der Waals surface area contributed by atoms with E-state index in [0.29, 0.717) is 11.1 Å². The van der Waals surface area contributed by atoms with Crippen molar-refractivity contribution in [1.29, 1.82) is 0 Å². The number of aromatic nitrogens is 1. The number of hydrogen-bond donors (Lipinski definition) is 1. The van der Waals surface area contributed by atoms with Gasteiger partial charge in [0.1, 0.15) is 5.69 Å². The predicted octanol–water partition coefficient (Wildman–Crippen LogP) is 2.91. The number of hydrogen-bond acceptors (Lipinski definition) is 3. The molecule has 0 amide bonds. The van der Waals surface area contributed by atoms with E-state index in [4.69, 9.17) is 16.1 Å². The van der Waals surface area contributed by atoms with Crippen LogP contribution in [0.3, 0.4) is 0 Å². The average molecular weight is 223 g/mol. The Bertz CT molecular complexity index is 488. The molecule has 3 rings (SSSR count). The van der Waals surface area contributed by atoms with Gasteiger partial charge in [0.05, 0.1) is 6.04 Å². The minimum atomic E-state index is 0.340. The summed E-state index contributed by atoms with van der Waals surface area (Å²) in [7, 11) is 0. The van der Waals surface area contributed by atoms with Crippen molar-refractivity contribution in [1.82, 2.24) is 10.5 Å². The Balaban J connectivity index is 2.11. The molecule has 15 heavy (non-hydrogen) atoms. The first-order chi connectivity index (χ1) is 7.34. The topological polar surface area (TPSA) is 38.1 Å². The van der Waals surface area contributed by atoms with Gasteiger partial charge in [-0.15, -0.1) is 0 Å². The molecule has 0 spiro atoms. The Hall–Kier alpha value is -1.06. The monoisotopic (exact) mass is 222 g/mol. The molecular formula is C11H11ClN2O. The van der Waals surface area contributed by atoms with Crippen molar-refractivity contribution in [3.63, 3.8) is 0 Å². The van der Waals surface area contributed by atoms with Gasteiger partial charge in [0.2, 0.25) is 0 Å². The number of nitrogens with zero attached hydrogens (tertiary/aromatic N) is 1. The highest BCUT2D eigenvalue weighted by Crippen LogP contribution is 2.30. The third-order valence-electron chi connectivity index (χ3n) is 2.85. The second kappa shape index (κ2) is 3.51. The largest absolute Gasteiger partial charge is 0.356 e. The Morgan fingerprint density at radius 2 is 2.40 bits per heavy atom. The van der Waals surface area contributed by atoms with Crippen LogP contribution in [0.5, 0.6) is 0 Å². The number of benzene rings is 1. The highest BCUT2D eigenvalue weighted by Gasteiger charge is 2.22. The van der Waals surface area contributed by atoms with Crippen LogP contribution in [0.25, 0.3) is 11.0 Å². The summed E-state index contributed by atoms with van der Waals surface area (Å²) < 4.78 is 5.27. The number of fused-ring (bicyclic) bond motifs is 1. The maximum Gasteiger partial charge on any atom is 0.168 e. The van der Waals surface area contributed by atoms with Crippen molar-refractivity contribution in [2.45, 2.75) is 18.9 Å². The summed E-state index contributed by atoms with van der Waals surface area (Å²) >= 11 is 5.88. The molecule has 1 aliphatic heterocycles. The first-order valence-corrected chi connectivity index (χ1v) is 5.50. The zero-order chi connectivity index (χ0) is 10.3. The molecule has 0 aliphatic carbocycles. The van der Waals surface area contributed by atoms with Gasteiger partial charge in [-0.05, 0) is 31.5 Å². The molecule has 0 unspecified atom stereocenters. The molecule has 4 heteroatoms. The fraction of sp³-hybridized carbons (Fsp3) is 0.364. The summed E-state index contributed by atoms with van der Waals surface area (Å²) in [6.45, 7) is 1.06. The average Bonchev–Trinajstić information content (AvgIpc) is 2.82. The zero-order valence-corrected chi connectivity index (χ0v) is 8.92. The van der Waals surface area contributed by atoms with Gasteiger partial charge in [0, 0.05) is 16.5 Å². The van der Waals surface area contributed by atoms with Gasteiger partial charge in [-0.3, -0.25) is 0 Å². The predicted molar refractivity (Wildman–Crippen MR) is 59.0 cm³/mol. The standard InChI is InChI=1S/C11H11ClN2O/c12-7-3-4-8-10(6-7)15-14-11(8)9-2-1-5-13-9/h3-4,6,9,13H,1-2,5H2/t9-/m1/s1. The van der Waals surface area contributed by atoms with Crippen molar-refractivity contribution in [2.24, 2.45) is 0 Å². The van der Waals surface area contributed by atoms with Crippen LogP contribution < -0.4 is 5.32 Å². The third-order valence-corrected chi connectivity index (χ3v) is 3.09. The summed E-state index contributed by atoms with van der Waals surface area (Å²) in [5.74, 6) is 0. The SMILES string of the molecule is Clc1ccc2c([C@H]3CCCN3)noc2c1. The van der Waals surface area contributed by atoms with Gasteiger partial charge < -0.3 is 9.84 Å². The van der Waals surface area contributed by atoms with Crippen LogP contribution in [0.2, 0.25) is 5.02 Å². The van der Waals surface area contributed by atoms with E-state index in [-0.39, 0.29) is 0 Å². The summed E-state index contributed by atoms with van der Waals surface area (Å²) in [4.78, 5) is 0. The van der Waals surface area contributed by atoms with Crippen molar-refractivity contribution in [3.05, 3.63) is 28.9 Å². The molecule has 1 aromatic heterocycles. The van der Waals surface area contributed by atoms with E-state index in [1.54, 1.807) is 0 Å². The molecule has 2 heterocycles. The summed E-state index contributed by atoms with van der Waals surface area (Å²) in [6, 6.07) is 6.00. The van der Waals surface area contributed by atoms with E-state index in [1.807, 2.05) is 18.2 Å². The molecule has 1 aliphatic rings. The molecule has 1 saturated heterocycles. The van der Waals surface area contributed by atoms with Crippen LogP contribution in [-0.2, 0) is 0 Å². The van der Waals surface area contributed by atoms with Gasteiger partial charge in [-0.2, -0.15) is 0 Å². The molecule has 2 aromatic rings. The van der Waals surface area contributed by atoms with Crippen LogP contribution in [0, 0.1) is 0 Å². The fourth-order valence-corrected chi connectivity index (χ4v) is 2.26. The van der Waals surface area contributed by atoms with E-state index in [2.05, 4.69) is 10.5 Å². The van der Waals surface area contributed by atoms with E-state index >= 15 is 0 Å². The van der Waals surface area contributed by atoms with Crippen molar-refractivity contribution >= 4 is 22.6 Å². The number of nitrogens with one attached hydrogen (secondary N) is 1. The van der Waals surface area contributed by atoms with Crippen LogP contribution in [0.4, 0.5) is 0 Å². The molecule has 0 radical (unpaired) electrons.